The van der Waals surface area contributed by atoms with E-state index in [0.29, 0.717) is 12.0 Å². The average molecular weight is 293 g/mol. The topological polar surface area (TPSA) is 30.5 Å². The number of nitrogens with one attached hydrogen (secondary N) is 1. The van der Waals surface area contributed by atoms with Crippen molar-refractivity contribution >= 4 is 0 Å². The first-order chi connectivity index (χ1) is 10.1. The molecule has 0 aliphatic rings. The molecular formula is C18H31NO2. The van der Waals surface area contributed by atoms with E-state index in [4.69, 9.17) is 9.47 Å². The zero-order valence-electron chi connectivity index (χ0n) is 14.0. The fourth-order valence-corrected chi connectivity index (χ4v) is 2.32. The van der Waals surface area contributed by atoms with E-state index in [1.54, 1.807) is 7.11 Å². The van der Waals surface area contributed by atoms with Gasteiger partial charge in [-0.05, 0) is 31.2 Å². The standard InChI is InChI=1S/C18H31NO2/c1-15(2)19-14-18(9-12-21-11-6-10-20-4)17-8-5-7-16(3)13-17/h5,7-8,13,15,18-19H,6,9-12,14H2,1-4H3. The molecule has 1 aromatic rings. The second-order valence-corrected chi connectivity index (χ2v) is 5.92. The summed E-state index contributed by atoms with van der Waals surface area (Å²) in [6.45, 7) is 9.90. The highest BCUT2D eigenvalue weighted by atomic mass is 16.5. The van der Waals surface area contributed by atoms with E-state index in [1.165, 1.54) is 11.1 Å². The van der Waals surface area contributed by atoms with Gasteiger partial charge >= 0.3 is 0 Å². The molecule has 1 N–H and O–H groups in total. The average Bonchev–Trinajstić information content (AvgIpc) is 2.45. The van der Waals surface area contributed by atoms with Crippen molar-refractivity contribution in [1.82, 2.24) is 5.32 Å². The zero-order chi connectivity index (χ0) is 15.5. The van der Waals surface area contributed by atoms with Gasteiger partial charge in [0.25, 0.3) is 0 Å². The normalized spacial score (nSPS) is 12.8. The SMILES string of the molecule is COCCCOCCC(CNC(C)C)c1cccc(C)c1. The molecule has 0 saturated heterocycles. The summed E-state index contributed by atoms with van der Waals surface area (Å²) in [6.07, 6.45) is 2.02. The van der Waals surface area contributed by atoms with Gasteiger partial charge in [-0.3, -0.25) is 0 Å². The largest absolute Gasteiger partial charge is 0.385 e. The first kappa shape index (κ1) is 18.1. The summed E-state index contributed by atoms with van der Waals surface area (Å²) in [5, 5.41) is 3.55. The molecule has 0 aliphatic carbocycles. The molecule has 1 aromatic carbocycles. The van der Waals surface area contributed by atoms with Gasteiger partial charge in [-0.25, -0.2) is 0 Å². The summed E-state index contributed by atoms with van der Waals surface area (Å²) >= 11 is 0. The molecule has 0 heterocycles. The number of methoxy groups -OCH3 is 1. The lowest BCUT2D eigenvalue weighted by Gasteiger charge is -2.20. The maximum atomic E-state index is 5.72. The van der Waals surface area contributed by atoms with E-state index in [2.05, 4.69) is 50.4 Å². The lowest BCUT2D eigenvalue weighted by atomic mass is 9.94. The van der Waals surface area contributed by atoms with E-state index < -0.39 is 0 Å². The number of ether oxygens (including phenoxy) is 2. The molecule has 0 spiro atoms. The monoisotopic (exact) mass is 293 g/mol. The van der Waals surface area contributed by atoms with Crippen LogP contribution in [0.4, 0.5) is 0 Å². The molecule has 21 heavy (non-hydrogen) atoms. The molecular weight excluding hydrogens is 262 g/mol. The third-order valence-electron chi connectivity index (χ3n) is 3.53. The van der Waals surface area contributed by atoms with Gasteiger partial charge < -0.3 is 14.8 Å². The number of benzene rings is 1. The lowest BCUT2D eigenvalue weighted by molar-refractivity contribution is 0.0979. The van der Waals surface area contributed by atoms with Gasteiger partial charge in [0.15, 0.2) is 0 Å². The molecule has 3 heteroatoms. The lowest BCUT2D eigenvalue weighted by Crippen LogP contribution is -2.28. The van der Waals surface area contributed by atoms with Crippen molar-refractivity contribution in [2.45, 2.75) is 45.6 Å². The Morgan fingerprint density at radius 2 is 1.95 bits per heavy atom. The van der Waals surface area contributed by atoms with Crippen molar-refractivity contribution in [3.8, 4) is 0 Å². The highest BCUT2D eigenvalue weighted by molar-refractivity contribution is 5.25. The smallest absolute Gasteiger partial charge is 0.0487 e. The van der Waals surface area contributed by atoms with Crippen LogP contribution in [0, 0.1) is 6.92 Å². The molecule has 1 atom stereocenters. The van der Waals surface area contributed by atoms with Gasteiger partial charge in [-0.1, -0.05) is 43.7 Å². The van der Waals surface area contributed by atoms with Crippen molar-refractivity contribution in [3.63, 3.8) is 0 Å². The van der Waals surface area contributed by atoms with E-state index in [-0.39, 0.29) is 0 Å². The fraction of sp³-hybridized carbons (Fsp3) is 0.667. The van der Waals surface area contributed by atoms with Gasteiger partial charge in [0.2, 0.25) is 0 Å². The van der Waals surface area contributed by atoms with Crippen LogP contribution >= 0.6 is 0 Å². The van der Waals surface area contributed by atoms with Crippen molar-refractivity contribution in [2.24, 2.45) is 0 Å². The molecule has 0 aromatic heterocycles. The van der Waals surface area contributed by atoms with Gasteiger partial charge in [0, 0.05) is 39.5 Å². The Morgan fingerprint density at radius 1 is 1.14 bits per heavy atom. The van der Waals surface area contributed by atoms with Gasteiger partial charge in [-0.15, -0.1) is 0 Å². The molecule has 3 nitrogen and oxygen atoms in total. The van der Waals surface area contributed by atoms with Crippen molar-refractivity contribution < 1.29 is 9.47 Å². The first-order valence-corrected chi connectivity index (χ1v) is 8.00. The minimum Gasteiger partial charge on any atom is -0.385 e. The number of rotatable bonds is 11. The summed E-state index contributed by atoms with van der Waals surface area (Å²) in [5.74, 6) is 0.509. The van der Waals surface area contributed by atoms with Crippen LogP contribution in [0.15, 0.2) is 24.3 Å². The van der Waals surface area contributed by atoms with Crippen LogP contribution in [0.5, 0.6) is 0 Å². The number of aryl methyl sites for hydroxylation is 1. The second kappa shape index (κ2) is 10.8. The maximum Gasteiger partial charge on any atom is 0.0487 e. The molecule has 0 aliphatic heterocycles. The summed E-state index contributed by atoms with van der Waals surface area (Å²) < 4.78 is 10.7. The van der Waals surface area contributed by atoms with Crippen LogP contribution in [0.2, 0.25) is 0 Å². The summed E-state index contributed by atoms with van der Waals surface area (Å²) in [6, 6.07) is 9.33. The van der Waals surface area contributed by atoms with E-state index in [0.717, 1.165) is 39.2 Å². The quantitative estimate of drug-likeness (QED) is 0.633. The van der Waals surface area contributed by atoms with E-state index >= 15 is 0 Å². The minimum atomic E-state index is 0.509. The van der Waals surface area contributed by atoms with Gasteiger partial charge in [0.1, 0.15) is 0 Å². The highest BCUT2D eigenvalue weighted by Gasteiger charge is 2.12. The number of hydrogen-bond donors (Lipinski definition) is 1. The predicted molar refractivity (Wildman–Crippen MR) is 89.0 cm³/mol. The summed E-state index contributed by atoms with van der Waals surface area (Å²) in [7, 11) is 1.73. The molecule has 0 saturated carbocycles. The van der Waals surface area contributed by atoms with Gasteiger partial charge in [0.05, 0.1) is 0 Å². The third kappa shape index (κ3) is 8.20. The first-order valence-electron chi connectivity index (χ1n) is 8.00. The molecule has 120 valence electrons. The highest BCUT2D eigenvalue weighted by Crippen LogP contribution is 2.20. The van der Waals surface area contributed by atoms with Crippen LogP contribution in [0.25, 0.3) is 0 Å². The van der Waals surface area contributed by atoms with Gasteiger partial charge in [-0.2, -0.15) is 0 Å². The Morgan fingerprint density at radius 3 is 2.62 bits per heavy atom. The van der Waals surface area contributed by atoms with Crippen molar-refractivity contribution in [3.05, 3.63) is 35.4 Å². The fourth-order valence-electron chi connectivity index (χ4n) is 2.32. The Hall–Kier alpha value is -0.900. The predicted octanol–water partition coefficient (Wildman–Crippen LogP) is 3.52. The van der Waals surface area contributed by atoms with Crippen molar-refractivity contribution in [2.75, 3.05) is 33.5 Å². The third-order valence-corrected chi connectivity index (χ3v) is 3.53. The van der Waals surface area contributed by atoms with E-state index in [1.807, 2.05) is 0 Å². The molecule has 0 amide bonds. The van der Waals surface area contributed by atoms with Crippen LogP contribution in [-0.4, -0.2) is 39.5 Å². The summed E-state index contributed by atoms with van der Waals surface area (Å²) in [5.41, 5.74) is 2.73. The van der Waals surface area contributed by atoms with Crippen LogP contribution < -0.4 is 5.32 Å². The summed E-state index contributed by atoms with van der Waals surface area (Å²) in [4.78, 5) is 0. The Labute approximate surface area is 130 Å². The molecule has 0 radical (unpaired) electrons. The molecule has 1 unspecified atom stereocenters. The van der Waals surface area contributed by atoms with Crippen LogP contribution in [0.1, 0.15) is 43.7 Å². The Bertz CT molecular complexity index is 379. The van der Waals surface area contributed by atoms with Crippen LogP contribution in [-0.2, 0) is 9.47 Å². The second-order valence-electron chi connectivity index (χ2n) is 5.92. The Balaban J connectivity index is 2.45. The minimum absolute atomic E-state index is 0.509. The molecule has 0 bridgehead atoms. The maximum absolute atomic E-state index is 5.72. The zero-order valence-corrected chi connectivity index (χ0v) is 14.0. The molecule has 1 rings (SSSR count). The molecule has 0 fully saturated rings. The van der Waals surface area contributed by atoms with Crippen LogP contribution in [0.3, 0.4) is 0 Å². The van der Waals surface area contributed by atoms with Crippen molar-refractivity contribution in [1.29, 1.82) is 0 Å². The van der Waals surface area contributed by atoms with E-state index in [9.17, 15) is 0 Å². The number of hydrogen-bond acceptors (Lipinski definition) is 3. The Kier molecular flexibility index (Phi) is 9.31.